The Balaban J connectivity index is 1.33. The Morgan fingerprint density at radius 1 is 1.22 bits per heavy atom. The number of nitrogens with zero attached hydrogens (tertiary/aromatic N) is 2. The van der Waals surface area contributed by atoms with Gasteiger partial charge in [-0.05, 0) is 36.5 Å². The van der Waals surface area contributed by atoms with Gasteiger partial charge in [0.1, 0.15) is 5.56 Å². The minimum atomic E-state index is -1.21. The molecule has 1 atom stereocenters. The third-order valence-electron chi connectivity index (χ3n) is 7.49. The topological polar surface area (TPSA) is 99.5 Å². The van der Waals surface area contributed by atoms with Gasteiger partial charge >= 0.3 is 5.97 Å². The number of methoxy groups -OCH3 is 1. The van der Waals surface area contributed by atoms with Crippen molar-refractivity contribution in [2.45, 2.75) is 44.9 Å². The van der Waals surface area contributed by atoms with Crippen molar-refractivity contribution in [3.8, 4) is 22.8 Å². The second-order valence-corrected chi connectivity index (χ2v) is 10.2. The van der Waals surface area contributed by atoms with E-state index < -0.39 is 17.2 Å². The van der Waals surface area contributed by atoms with Crippen LogP contribution in [0.25, 0.3) is 11.3 Å². The molecule has 1 aromatic heterocycles. The molecule has 1 spiro atoms. The molecular formula is C27H34N2O7. The monoisotopic (exact) mass is 498 g/mol. The van der Waals surface area contributed by atoms with Crippen LogP contribution in [0.3, 0.4) is 0 Å². The van der Waals surface area contributed by atoms with Crippen molar-refractivity contribution in [3.05, 3.63) is 45.7 Å². The van der Waals surface area contributed by atoms with Crippen molar-refractivity contribution in [2.24, 2.45) is 5.92 Å². The molecule has 3 aliphatic heterocycles. The van der Waals surface area contributed by atoms with Crippen molar-refractivity contribution >= 4 is 5.97 Å². The number of carboxylic acids is 1. The average molecular weight is 499 g/mol. The van der Waals surface area contributed by atoms with E-state index >= 15 is 0 Å². The SMILES string of the molecule is COc1cc2c(cc1OCCCN1CCC3(C1)OCCO3)CC(C(C)C)n1cc(C(=O)O)c(=O)cc1-2. The van der Waals surface area contributed by atoms with Crippen LogP contribution in [0.4, 0.5) is 0 Å². The van der Waals surface area contributed by atoms with E-state index in [1.165, 1.54) is 12.3 Å². The Labute approximate surface area is 210 Å². The number of aromatic carboxylic acids is 1. The van der Waals surface area contributed by atoms with E-state index in [-0.39, 0.29) is 17.5 Å². The summed E-state index contributed by atoms with van der Waals surface area (Å²) >= 11 is 0. The lowest BCUT2D eigenvalue weighted by molar-refractivity contribution is -0.145. The van der Waals surface area contributed by atoms with Gasteiger partial charge in [-0.25, -0.2) is 4.79 Å². The minimum absolute atomic E-state index is 0.0231. The first-order chi connectivity index (χ1) is 17.3. The van der Waals surface area contributed by atoms with Crippen LogP contribution < -0.4 is 14.9 Å². The molecule has 36 heavy (non-hydrogen) atoms. The summed E-state index contributed by atoms with van der Waals surface area (Å²) in [4.78, 5) is 26.5. The first-order valence-electron chi connectivity index (χ1n) is 12.6. The number of likely N-dealkylation sites (tertiary alicyclic amines) is 1. The molecule has 2 aromatic rings. The Morgan fingerprint density at radius 2 is 2.00 bits per heavy atom. The zero-order valence-electron chi connectivity index (χ0n) is 21.1. The highest BCUT2D eigenvalue weighted by Crippen LogP contribution is 2.42. The fourth-order valence-corrected chi connectivity index (χ4v) is 5.58. The van der Waals surface area contributed by atoms with E-state index in [9.17, 15) is 14.7 Å². The smallest absolute Gasteiger partial charge is 0.341 e. The molecule has 0 bridgehead atoms. The van der Waals surface area contributed by atoms with Crippen LogP contribution in [0.15, 0.2) is 29.2 Å². The molecule has 3 aliphatic rings. The van der Waals surface area contributed by atoms with E-state index in [4.69, 9.17) is 18.9 Å². The minimum Gasteiger partial charge on any atom is -0.493 e. The Morgan fingerprint density at radius 3 is 2.69 bits per heavy atom. The van der Waals surface area contributed by atoms with Crippen LogP contribution in [-0.2, 0) is 15.9 Å². The Kier molecular flexibility index (Phi) is 6.80. The summed E-state index contributed by atoms with van der Waals surface area (Å²) in [6.45, 7) is 8.76. The van der Waals surface area contributed by atoms with Crippen molar-refractivity contribution in [1.82, 2.24) is 9.47 Å². The molecule has 1 unspecified atom stereocenters. The van der Waals surface area contributed by atoms with Gasteiger partial charge in [-0.2, -0.15) is 0 Å². The van der Waals surface area contributed by atoms with Crippen LogP contribution in [0.2, 0.25) is 0 Å². The van der Waals surface area contributed by atoms with Crippen LogP contribution in [0.5, 0.6) is 11.5 Å². The number of rotatable bonds is 8. The van der Waals surface area contributed by atoms with Gasteiger partial charge in [-0.15, -0.1) is 0 Å². The lowest BCUT2D eigenvalue weighted by Gasteiger charge is -2.33. The van der Waals surface area contributed by atoms with Gasteiger partial charge in [0, 0.05) is 43.4 Å². The normalized spacial score (nSPS) is 20.5. The van der Waals surface area contributed by atoms with Crippen molar-refractivity contribution in [1.29, 1.82) is 0 Å². The zero-order chi connectivity index (χ0) is 25.4. The van der Waals surface area contributed by atoms with Crippen LogP contribution >= 0.6 is 0 Å². The highest BCUT2D eigenvalue weighted by Gasteiger charge is 2.42. The summed E-state index contributed by atoms with van der Waals surface area (Å²) in [6, 6.07) is 5.35. The third-order valence-corrected chi connectivity index (χ3v) is 7.49. The molecule has 9 heteroatoms. The maximum absolute atomic E-state index is 12.5. The van der Waals surface area contributed by atoms with E-state index in [2.05, 4.69) is 18.7 Å². The molecule has 5 rings (SSSR count). The number of hydrogen-bond acceptors (Lipinski definition) is 7. The number of pyridine rings is 1. The van der Waals surface area contributed by atoms with Gasteiger partial charge in [0.05, 0.1) is 39.2 Å². The lowest BCUT2D eigenvalue weighted by atomic mass is 9.87. The summed E-state index contributed by atoms with van der Waals surface area (Å²) in [7, 11) is 1.60. The molecule has 1 aromatic carbocycles. The first kappa shape index (κ1) is 24.8. The second-order valence-electron chi connectivity index (χ2n) is 10.2. The number of benzene rings is 1. The lowest BCUT2D eigenvalue weighted by Crippen LogP contribution is -2.34. The summed E-state index contributed by atoms with van der Waals surface area (Å²) in [5.74, 6) is -0.108. The van der Waals surface area contributed by atoms with Crippen molar-refractivity contribution in [2.75, 3.05) is 46.6 Å². The number of fused-ring (bicyclic) bond motifs is 3. The molecule has 1 N–H and O–H groups in total. The van der Waals surface area contributed by atoms with Gasteiger partial charge in [-0.1, -0.05) is 13.8 Å². The van der Waals surface area contributed by atoms with Gasteiger partial charge < -0.3 is 28.6 Å². The fraction of sp³-hybridized carbons (Fsp3) is 0.556. The summed E-state index contributed by atoms with van der Waals surface area (Å²) < 4.78 is 25.3. The predicted molar refractivity (Wildman–Crippen MR) is 133 cm³/mol. The molecule has 0 aliphatic carbocycles. The number of ether oxygens (including phenoxy) is 4. The Bertz CT molecular complexity index is 1200. The summed E-state index contributed by atoms with van der Waals surface area (Å²) in [6.07, 6.45) is 3.95. The summed E-state index contributed by atoms with van der Waals surface area (Å²) in [5.41, 5.74) is 1.91. The molecule has 194 valence electrons. The number of carbonyl (C=O) groups is 1. The van der Waals surface area contributed by atoms with Crippen molar-refractivity contribution in [3.63, 3.8) is 0 Å². The van der Waals surface area contributed by atoms with Crippen LogP contribution in [-0.4, -0.2) is 72.9 Å². The highest BCUT2D eigenvalue weighted by molar-refractivity contribution is 5.88. The maximum Gasteiger partial charge on any atom is 0.341 e. The number of hydrogen-bond donors (Lipinski definition) is 1. The predicted octanol–water partition coefficient (Wildman–Crippen LogP) is 3.19. The molecule has 4 heterocycles. The Hall–Kier alpha value is -2.88. The average Bonchev–Trinajstić information content (AvgIpc) is 3.49. The molecular weight excluding hydrogens is 464 g/mol. The van der Waals surface area contributed by atoms with E-state index in [0.29, 0.717) is 43.4 Å². The molecule has 2 saturated heterocycles. The maximum atomic E-state index is 12.5. The standard InChI is InChI=1S/C27H34N2O7/c1-17(2)21-11-18-12-25(34-8-4-6-28-7-5-27(16-28)35-9-10-36-27)24(33-3)13-19(18)22-14-23(30)20(26(31)32)15-29(21)22/h12-15,17,21H,4-11,16H2,1-3H3,(H,31,32). The highest BCUT2D eigenvalue weighted by atomic mass is 16.7. The number of carboxylic acid groups (broad SMARTS) is 1. The quantitative estimate of drug-likeness (QED) is 0.554. The first-order valence-corrected chi connectivity index (χ1v) is 12.6. The van der Waals surface area contributed by atoms with Gasteiger partial charge in [-0.3, -0.25) is 9.69 Å². The van der Waals surface area contributed by atoms with E-state index in [1.54, 1.807) is 7.11 Å². The molecule has 0 radical (unpaired) electrons. The van der Waals surface area contributed by atoms with Crippen LogP contribution in [0.1, 0.15) is 48.7 Å². The molecule has 2 fully saturated rings. The zero-order valence-corrected chi connectivity index (χ0v) is 21.1. The van der Waals surface area contributed by atoms with E-state index in [0.717, 1.165) is 43.6 Å². The molecule has 9 nitrogen and oxygen atoms in total. The fourth-order valence-electron chi connectivity index (χ4n) is 5.58. The summed E-state index contributed by atoms with van der Waals surface area (Å²) in [5, 5.41) is 9.47. The largest absolute Gasteiger partial charge is 0.493 e. The third kappa shape index (κ3) is 4.63. The molecule has 0 saturated carbocycles. The molecule has 0 amide bonds. The number of aromatic nitrogens is 1. The van der Waals surface area contributed by atoms with Crippen molar-refractivity contribution < 1.29 is 28.8 Å². The van der Waals surface area contributed by atoms with E-state index in [1.807, 2.05) is 16.7 Å². The van der Waals surface area contributed by atoms with Crippen LogP contribution in [0, 0.1) is 5.92 Å². The van der Waals surface area contributed by atoms with Gasteiger partial charge in [0.25, 0.3) is 0 Å². The van der Waals surface area contributed by atoms with Gasteiger partial charge in [0.2, 0.25) is 0 Å². The second kappa shape index (κ2) is 9.88. The van der Waals surface area contributed by atoms with Gasteiger partial charge in [0.15, 0.2) is 22.7 Å².